The van der Waals surface area contributed by atoms with Gasteiger partial charge in [0.05, 0.1) is 4.90 Å². The molecule has 1 rings (SSSR count). The lowest BCUT2D eigenvalue weighted by Crippen LogP contribution is -2.35. The van der Waals surface area contributed by atoms with E-state index in [-0.39, 0.29) is 0 Å². The molecule has 0 atom stereocenters. The van der Waals surface area contributed by atoms with Gasteiger partial charge in [0.25, 0.3) is 0 Å². The molecule has 0 fully saturated rings. The zero-order valence-corrected chi connectivity index (χ0v) is 15.1. The van der Waals surface area contributed by atoms with E-state index in [0.717, 1.165) is 18.5 Å². The van der Waals surface area contributed by atoms with Gasteiger partial charge in [0.1, 0.15) is 0 Å². The van der Waals surface area contributed by atoms with Gasteiger partial charge in [0, 0.05) is 26.2 Å². The molecule has 0 heterocycles. The summed E-state index contributed by atoms with van der Waals surface area (Å²) in [6, 6.07) is 6.91. The summed E-state index contributed by atoms with van der Waals surface area (Å²) in [6.07, 6.45) is 1.01. The molecule has 0 radical (unpaired) electrons. The third kappa shape index (κ3) is 5.23. The lowest BCUT2D eigenvalue weighted by molar-refractivity contribution is 0.445. The summed E-state index contributed by atoms with van der Waals surface area (Å²) in [7, 11) is -3.39. The van der Waals surface area contributed by atoms with E-state index in [2.05, 4.69) is 17.6 Å². The summed E-state index contributed by atoms with van der Waals surface area (Å²) in [4.78, 5) is 0.326. The van der Waals surface area contributed by atoms with Crippen LogP contribution >= 0.6 is 12.2 Å². The van der Waals surface area contributed by atoms with Crippen LogP contribution in [0.1, 0.15) is 32.8 Å². The van der Waals surface area contributed by atoms with Crippen LogP contribution in [0, 0.1) is 0 Å². The van der Waals surface area contributed by atoms with Crippen LogP contribution in [0.25, 0.3) is 0 Å². The second-order valence-electron chi connectivity index (χ2n) is 4.84. The van der Waals surface area contributed by atoms with Crippen LogP contribution in [0.5, 0.6) is 0 Å². The molecule has 1 aromatic rings. The maximum Gasteiger partial charge on any atom is 0.243 e. The Morgan fingerprint density at radius 1 is 1.09 bits per heavy atom. The molecule has 7 heteroatoms. The van der Waals surface area contributed by atoms with Crippen LogP contribution < -0.4 is 10.6 Å². The zero-order chi connectivity index (χ0) is 16.6. The number of thiocarbonyl (C=S) groups is 1. The van der Waals surface area contributed by atoms with Gasteiger partial charge in [-0.05, 0) is 36.3 Å². The lowest BCUT2D eigenvalue weighted by atomic mass is 10.2. The highest BCUT2D eigenvalue weighted by molar-refractivity contribution is 7.89. The van der Waals surface area contributed by atoms with E-state index in [1.807, 2.05) is 26.0 Å². The largest absolute Gasteiger partial charge is 0.363 e. The van der Waals surface area contributed by atoms with Crippen LogP contribution in [-0.4, -0.2) is 37.5 Å². The van der Waals surface area contributed by atoms with Crippen molar-refractivity contribution in [3.8, 4) is 0 Å². The summed E-state index contributed by atoms with van der Waals surface area (Å²) in [6.45, 7) is 8.10. The highest BCUT2D eigenvalue weighted by Crippen LogP contribution is 2.16. The first-order valence-corrected chi connectivity index (χ1v) is 9.41. The lowest BCUT2D eigenvalue weighted by Gasteiger charge is -2.18. The first kappa shape index (κ1) is 18.9. The van der Waals surface area contributed by atoms with Gasteiger partial charge in [-0.1, -0.05) is 32.9 Å². The quantitative estimate of drug-likeness (QED) is 0.708. The molecule has 0 amide bonds. The normalized spacial score (nSPS) is 11.5. The second kappa shape index (κ2) is 9.07. The van der Waals surface area contributed by atoms with Crippen LogP contribution in [0.15, 0.2) is 29.2 Å². The Morgan fingerprint density at radius 2 is 1.68 bits per heavy atom. The van der Waals surface area contributed by atoms with Gasteiger partial charge < -0.3 is 10.6 Å². The Morgan fingerprint density at radius 3 is 2.18 bits per heavy atom. The van der Waals surface area contributed by atoms with Crippen LogP contribution in [0.3, 0.4) is 0 Å². The number of nitrogens with zero attached hydrogens (tertiary/aromatic N) is 1. The molecule has 1 aromatic carbocycles. The topological polar surface area (TPSA) is 61.4 Å². The number of hydrogen-bond acceptors (Lipinski definition) is 3. The molecule has 0 aliphatic rings. The van der Waals surface area contributed by atoms with Crippen molar-refractivity contribution >= 4 is 27.4 Å². The van der Waals surface area contributed by atoms with Gasteiger partial charge in [0.2, 0.25) is 10.0 Å². The van der Waals surface area contributed by atoms with E-state index < -0.39 is 10.0 Å². The molecule has 2 N–H and O–H groups in total. The molecule has 0 spiro atoms. The zero-order valence-electron chi connectivity index (χ0n) is 13.4. The molecule has 0 aliphatic carbocycles. The Balaban J connectivity index is 2.69. The van der Waals surface area contributed by atoms with Crippen molar-refractivity contribution < 1.29 is 8.42 Å². The molecule has 0 aromatic heterocycles. The number of rotatable bonds is 8. The van der Waals surface area contributed by atoms with Crippen molar-refractivity contribution in [3.05, 3.63) is 29.8 Å². The summed E-state index contributed by atoms with van der Waals surface area (Å²) >= 11 is 5.14. The number of benzene rings is 1. The minimum atomic E-state index is -3.39. The number of nitrogens with one attached hydrogen (secondary N) is 2. The third-order valence-corrected chi connectivity index (χ3v) is 5.61. The van der Waals surface area contributed by atoms with E-state index in [4.69, 9.17) is 12.2 Å². The van der Waals surface area contributed by atoms with Gasteiger partial charge >= 0.3 is 0 Å². The van der Waals surface area contributed by atoms with Crippen LogP contribution in [0.2, 0.25) is 0 Å². The van der Waals surface area contributed by atoms with E-state index >= 15 is 0 Å². The molecule has 0 saturated heterocycles. The first-order chi connectivity index (χ1) is 10.5. The molecule has 124 valence electrons. The number of hydrogen-bond donors (Lipinski definition) is 2. The van der Waals surface area contributed by atoms with Crippen molar-refractivity contribution in [2.45, 2.75) is 38.6 Å². The SMILES string of the molecule is CCCNC(=S)NCc1ccc(S(=O)(=O)N(CC)CC)cc1. The van der Waals surface area contributed by atoms with Gasteiger partial charge in [-0.15, -0.1) is 0 Å². The Labute approximate surface area is 139 Å². The Hall–Kier alpha value is -1.18. The minimum absolute atomic E-state index is 0.326. The standard InChI is InChI=1S/C15H25N3O2S2/c1-4-11-16-15(21)17-12-13-7-9-14(10-8-13)22(19,20)18(5-2)6-3/h7-10H,4-6,11-12H2,1-3H3,(H2,16,17,21). The van der Waals surface area contributed by atoms with Crippen molar-refractivity contribution in [3.63, 3.8) is 0 Å². The average Bonchev–Trinajstić information content (AvgIpc) is 2.52. The maximum atomic E-state index is 12.4. The Kier molecular flexibility index (Phi) is 7.78. The minimum Gasteiger partial charge on any atom is -0.363 e. The fraction of sp³-hybridized carbons (Fsp3) is 0.533. The van der Waals surface area contributed by atoms with Gasteiger partial charge in [-0.3, -0.25) is 0 Å². The Bertz CT molecular complexity index is 567. The van der Waals surface area contributed by atoms with Crippen molar-refractivity contribution in [2.24, 2.45) is 0 Å². The average molecular weight is 344 g/mol. The van der Waals surface area contributed by atoms with E-state index in [0.29, 0.717) is 29.6 Å². The maximum absolute atomic E-state index is 12.4. The monoisotopic (exact) mass is 343 g/mol. The molecule has 5 nitrogen and oxygen atoms in total. The smallest absolute Gasteiger partial charge is 0.243 e. The third-order valence-electron chi connectivity index (χ3n) is 3.26. The van der Waals surface area contributed by atoms with E-state index in [9.17, 15) is 8.42 Å². The molecule has 22 heavy (non-hydrogen) atoms. The molecule has 0 bridgehead atoms. The first-order valence-electron chi connectivity index (χ1n) is 7.56. The second-order valence-corrected chi connectivity index (χ2v) is 7.19. The molecular formula is C15H25N3O2S2. The van der Waals surface area contributed by atoms with Crippen molar-refractivity contribution in [1.29, 1.82) is 0 Å². The fourth-order valence-electron chi connectivity index (χ4n) is 1.98. The predicted octanol–water partition coefficient (Wildman–Crippen LogP) is 2.09. The van der Waals surface area contributed by atoms with E-state index in [1.165, 1.54) is 4.31 Å². The molecule has 0 saturated carbocycles. The van der Waals surface area contributed by atoms with Crippen LogP contribution in [0.4, 0.5) is 0 Å². The van der Waals surface area contributed by atoms with Crippen molar-refractivity contribution in [2.75, 3.05) is 19.6 Å². The summed E-state index contributed by atoms with van der Waals surface area (Å²) in [5.74, 6) is 0. The molecule has 0 aliphatic heterocycles. The summed E-state index contributed by atoms with van der Waals surface area (Å²) in [5.41, 5.74) is 0.985. The predicted molar refractivity (Wildman–Crippen MR) is 94.3 cm³/mol. The summed E-state index contributed by atoms with van der Waals surface area (Å²) in [5, 5.41) is 6.80. The van der Waals surface area contributed by atoms with E-state index in [1.54, 1.807) is 12.1 Å². The number of sulfonamides is 1. The molecule has 0 unspecified atom stereocenters. The highest BCUT2D eigenvalue weighted by Gasteiger charge is 2.20. The molecular weight excluding hydrogens is 318 g/mol. The highest BCUT2D eigenvalue weighted by atomic mass is 32.2. The fourth-order valence-corrected chi connectivity index (χ4v) is 3.61. The van der Waals surface area contributed by atoms with Crippen LogP contribution in [-0.2, 0) is 16.6 Å². The van der Waals surface area contributed by atoms with Crippen molar-refractivity contribution in [1.82, 2.24) is 14.9 Å². The van der Waals surface area contributed by atoms with Gasteiger partial charge in [-0.2, -0.15) is 4.31 Å². The van der Waals surface area contributed by atoms with Gasteiger partial charge in [-0.25, -0.2) is 8.42 Å². The van der Waals surface area contributed by atoms with Gasteiger partial charge in [0.15, 0.2) is 5.11 Å². The summed E-state index contributed by atoms with van der Waals surface area (Å²) < 4.78 is 26.2.